The number of alkyl carbamates (subject to hydrolysis) is 1. The molecule has 1 aliphatic heterocycles. The van der Waals surface area contributed by atoms with Crippen LogP contribution in [-0.4, -0.2) is 207 Å². The Balaban J connectivity index is 2.03. The lowest BCUT2D eigenvalue weighted by atomic mass is 10.0. The average Bonchev–Trinajstić information content (AvgIpc) is 3.60. The Morgan fingerprint density at radius 3 is 1.48 bits per heavy atom. The van der Waals surface area contributed by atoms with E-state index in [9.17, 15) is 43.5 Å². The van der Waals surface area contributed by atoms with Gasteiger partial charge in [0.2, 0.25) is 23.6 Å². The van der Waals surface area contributed by atoms with Crippen molar-refractivity contribution in [3.63, 3.8) is 0 Å². The number of carboxylic acid groups (broad SMARTS) is 1. The molecule has 0 aromatic carbocycles. The number of imide groups is 1. The Labute approximate surface area is 405 Å². The summed E-state index contributed by atoms with van der Waals surface area (Å²) in [5.74, 6) is -4.41. The molecule has 69 heavy (non-hydrogen) atoms. The molecule has 0 unspecified atom stereocenters. The molecular formula is C45H78N6O18. The van der Waals surface area contributed by atoms with Crippen molar-refractivity contribution in [1.29, 1.82) is 0 Å². The number of nitrogens with one attached hydrogen (secondary N) is 5. The van der Waals surface area contributed by atoms with Crippen molar-refractivity contribution >= 4 is 47.5 Å². The molecule has 1 heterocycles. The summed E-state index contributed by atoms with van der Waals surface area (Å²) >= 11 is 0. The quantitative estimate of drug-likeness (QED) is 0.0342. The van der Waals surface area contributed by atoms with E-state index in [0.717, 1.165) is 4.90 Å². The van der Waals surface area contributed by atoms with Crippen molar-refractivity contribution in [2.24, 2.45) is 5.92 Å². The van der Waals surface area contributed by atoms with E-state index in [4.69, 9.17) is 42.6 Å². The normalized spacial score (nSPS) is 13.8. The zero-order chi connectivity index (χ0) is 51.3. The molecule has 0 spiro atoms. The fourth-order valence-electron chi connectivity index (χ4n) is 5.69. The van der Waals surface area contributed by atoms with E-state index >= 15 is 0 Å². The number of hydrogen-bond donors (Lipinski definition) is 6. The van der Waals surface area contributed by atoms with Crippen LogP contribution in [0.5, 0.6) is 0 Å². The van der Waals surface area contributed by atoms with Gasteiger partial charge in [-0.1, -0.05) is 13.8 Å². The van der Waals surface area contributed by atoms with Crippen LogP contribution in [0.3, 0.4) is 0 Å². The highest BCUT2D eigenvalue weighted by molar-refractivity contribution is 6.13. The third-order valence-corrected chi connectivity index (χ3v) is 9.32. The van der Waals surface area contributed by atoms with Gasteiger partial charge in [0.05, 0.1) is 106 Å². The van der Waals surface area contributed by atoms with Crippen LogP contribution in [0.4, 0.5) is 4.79 Å². The molecule has 6 N–H and O–H groups in total. The molecule has 0 aliphatic carbocycles. The minimum absolute atomic E-state index is 0.0249. The SMILES string of the molecule is CC(C)[C@H](NC(=O)CCOCCOCCOCCOCCOCCOCCOCCOCCNC(=O)CCN1C(=O)C=CC1=O)C(=O)N[C@@H](CCCCNC(=O)OC(C)(C)C)C(=O)N[C@H](C)C(=O)O. The van der Waals surface area contributed by atoms with Gasteiger partial charge in [-0.05, 0) is 52.9 Å². The largest absolute Gasteiger partial charge is 0.480 e. The van der Waals surface area contributed by atoms with Gasteiger partial charge in [-0.25, -0.2) is 4.79 Å². The molecule has 0 fully saturated rings. The van der Waals surface area contributed by atoms with Gasteiger partial charge in [-0.2, -0.15) is 0 Å². The maximum Gasteiger partial charge on any atom is 0.407 e. The molecule has 0 saturated carbocycles. The molecule has 0 bridgehead atoms. The fourth-order valence-corrected chi connectivity index (χ4v) is 5.69. The van der Waals surface area contributed by atoms with Crippen LogP contribution in [0.1, 0.15) is 73.6 Å². The van der Waals surface area contributed by atoms with Gasteiger partial charge in [-0.15, -0.1) is 0 Å². The molecule has 0 aromatic rings. The minimum Gasteiger partial charge on any atom is -0.480 e. The second-order valence-corrected chi connectivity index (χ2v) is 16.8. The zero-order valence-electron chi connectivity index (χ0n) is 41.3. The topological polar surface area (TPSA) is 303 Å². The Kier molecular flexibility index (Phi) is 34.2. The van der Waals surface area contributed by atoms with Crippen LogP contribution in [0.2, 0.25) is 0 Å². The van der Waals surface area contributed by atoms with Crippen molar-refractivity contribution in [2.45, 2.75) is 97.4 Å². The van der Waals surface area contributed by atoms with Gasteiger partial charge in [-0.3, -0.25) is 38.5 Å². The molecule has 24 nitrogen and oxygen atoms in total. The first-order valence-electron chi connectivity index (χ1n) is 23.4. The van der Waals surface area contributed by atoms with Crippen LogP contribution >= 0.6 is 0 Å². The van der Waals surface area contributed by atoms with E-state index in [1.54, 1.807) is 34.6 Å². The number of hydrogen-bond acceptors (Lipinski definition) is 17. The number of rotatable bonds is 42. The van der Waals surface area contributed by atoms with E-state index in [-0.39, 0.29) is 64.0 Å². The van der Waals surface area contributed by atoms with Crippen LogP contribution in [-0.2, 0) is 76.2 Å². The van der Waals surface area contributed by atoms with Crippen LogP contribution in [0.25, 0.3) is 0 Å². The second-order valence-electron chi connectivity index (χ2n) is 16.8. The summed E-state index contributed by atoms with van der Waals surface area (Å²) in [6, 6.07) is -3.26. The molecule has 0 aromatic heterocycles. The van der Waals surface area contributed by atoms with Crippen molar-refractivity contribution in [2.75, 3.05) is 125 Å². The number of carbonyl (C=O) groups is 8. The smallest absolute Gasteiger partial charge is 0.407 e. The van der Waals surface area contributed by atoms with Gasteiger partial charge in [0.15, 0.2) is 0 Å². The first-order chi connectivity index (χ1) is 32.9. The number of nitrogens with zero attached hydrogens (tertiary/aromatic N) is 1. The van der Waals surface area contributed by atoms with Crippen molar-refractivity contribution < 1.29 is 86.1 Å². The maximum atomic E-state index is 13.3. The standard InChI is InChI=1S/C45H78N6O18/c1-33(2)40(42(57)49-35(41(56)48-34(3)43(58)59)9-7-8-14-47-44(60)69-45(4,5)6)50-37(53)13-17-61-19-21-63-23-25-65-27-29-67-31-32-68-30-28-66-26-24-64-22-20-62-18-15-46-36(52)12-16-51-38(54)10-11-39(51)55/h10-11,33-35,40H,7-9,12-32H2,1-6H3,(H,46,52)(H,47,60)(H,48,56)(H,49,57)(H,50,53)(H,58,59)/t34-,35+,40+/m1/s1. The monoisotopic (exact) mass is 991 g/mol. The summed E-state index contributed by atoms with van der Waals surface area (Å²) in [4.78, 5) is 98.1. The molecule has 3 atom stereocenters. The van der Waals surface area contributed by atoms with Gasteiger partial charge in [0.1, 0.15) is 23.7 Å². The zero-order valence-corrected chi connectivity index (χ0v) is 41.3. The summed E-state index contributed by atoms with van der Waals surface area (Å²) in [6.45, 7) is 16.1. The predicted octanol–water partition coefficient (Wildman–Crippen LogP) is -0.149. The number of ether oxygens (including phenoxy) is 9. The average molecular weight is 991 g/mol. The van der Waals surface area contributed by atoms with Crippen molar-refractivity contribution in [1.82, 2.24) is 31.5 Å². The highest BCUT2D eigenvalue weighted by atomic mass is 16.6. The Hall–Kier alpha value is -4.82. The van der Waals surface area contributed by atoms with E-state index in [0.29, 0.717) is 105 Å². The molecule has 24 heteroatoms. The number of unbranched alkanes of at least 4 members (excludes halogenated alkanes) is 1. The van der Waals surface area contributed by atoms with Gasteiger partial charge in [0, 0.05) is 44.6 Å². The Morgan fingerprint density at radius 2 is 1.03 bits per heavy atom. The van der Waals surface area contributed by atoms with E-state index < -0.39 is 65.3 Å². The van der Waals surface area contributed by atoms with Crippen molar-refractivity contribution in [3.8, 4) is 0 Å². The lowest BCUT2D eigenvalue weighted by molar-refractivity contribution is -0.142. The summed E-state index contributed by atoms with van der Waals surface area (Å²) in [6.07, 6.45) is 2.79. The van der Waals surface area contributed by atoms with Gasteiger partial charge >= 0.3 is 12.1 Å². The van der Waals surface area contributed by atoms with Crippen LogP contribution in [0.15, 0.2) is 12.2 Å². The third-order valence-electron chi connectivity index (χ3n) is 9.32. The van der Waals surface area contributed by atoms with E-state index in [2.05, 4.69) is 26.6 Å². The number of aliphatic carboxylic acids is 1. The number of carboxylic acids is 1. The van der Waals surface area contributed by atoms with E-state index in [1.165, 1.54) is 19.1 Å². The summed E-state index contributed by atoms with van der Waals surface area (Å²) < 4.78 is 48.9. The summed E-state index contributed by atoms with van der Waals surface area (Å²) in [5, 5.41) is 22.3. The summed E-state index contributed by atoms with van der Waals surface area (Å²) in [5.41, 5.74) is -0.657. The molecule has 0 saturated heterocycles. The molecule has 1 aliphatic rings. The van der Waals surface area contributed by atoms with Crippen LogP contribution in [0, 0.1) is 5.92 Å². The fraction of sp³-hybridized carbons (Fsp3) is 0.778. The van der Waals surface area contributed by atoms with E-state index in [1.807, 2.05) is 0 Å². The van der Waals surface area contributed by atoms with Crippen LogP contribution < -0.4 is 26.6 Å². The lowest BCUT2D eigenvalue weighted by Gasteiger charge is -2.26. The highest BCUT2D eigenvalue weighted by Gasteiger charge is 2.30. The molecule has 396 valence electrons. The molecule has 0 radical (unpaired) electrons. The van der Waals surface area contributed by atoms with Gasteiger partial charge in [0.25, 0.3) is 11.8 Å². The highest BCUT2D eigenvalue weighted by Crippen LogP contribution is 2.09. The number of carbonyl (C=O) groups excluding carboxylic acids is 7. The Morgan fingerprint density at radius 1 is 0.565 bits per heavy atom. The van der Waals surface area contributed by atoms with Crippen molar-refractivity contribution in [3.05, 3.63) is 12.2 Å². The van der Waals surface area contributed by atoms with Gasteiger partial charge < -0.3 is 74.3 Å². The first-order valence-corrected chi connectivity index (χ1v) is 23.4. The molecular weight excluding hydrogens is 913 g/mol. The predicted molar refractivity (Wildman–Crippen MR) is 247 cm³/mol. The summed E-state index contributed by atoms with van der Waals surface area (Å²) in [7, 11) is 0. The minimum atomic E-state index is -1.24. The Bertz CT molecular complexity index is 1540. The second kappa shape index (κ2) is 38.0. The lowest BCUT2D eigenvalue weighted by Crippen LogP contribution is -2.56. The first kappa shape index (κ1) is 62.2. The maximum absolute atomic E-state index is 13.3. The molecule has 7 amide bonds. The number of amides is 7. The third kappa shape index (κ3) is 33.4. The molecule has 1 rings (SSSR count).